The first kappa shape index (κ1) is 13.4. The summed E-state index contributed by atoms with van der Waals surface area (Å²) in [5, 5.41) is 3.24. The number of likely N-dealkylation sites (N-methyl/N-ethyl adjacent to an activating group) is 1. The predicted octanol–water partition coefficient (Wildman–Crippen LogP) is -0.615. The first-order valence-electron chi connectivity index (χ1n) is 5.83. The maximum Gasteiger partial charge on any atom is 0.236 e. The Morgan fingerprint density at radius 3 is 2.62 bits per heavy atom. The molecule has 0 aliphatic carbocycles. The molecule has 1 fully saturated rings. The number of ether oxygens (including phenoxy) is 1. The largest absolute Gasteiger partial charge is 0.379 e. The highest BCUT2D eigenvalue weighted by Crippen LogP contribution is 1.98. The summed E-state index contributed by atoms with van der Waals surface area (Å²) in [5.74, 6) is 0.119. The summed E-state index contributed by atoms with van der Waals surface area (Å²) in [6, 6.07) is 0.335. The molecule has 0 spiro atoms. The maximum atomic E-state index is 11.4. The van der Waals surface area contributed by atoms with E-state index in [9.17, 15) is 4.79 Å². The normalized spacial score (nSPS) is 19.4. The van der Waals surface area contributed by atoms with Crippen LogP contribution in [0, 0.1) is 0 Å². The molecule has 0 bridgehead atoms. The minimum atomic E-state index is 0.119. The minimum absolute atomic E-state index is 0.119. The molecule has 1 atom stereocenters. The van der Waals surface area contributed by atoms with E-state index in [1.165, 1.54) is 0 Å². The van der Waals surface area contributed by atoms with Gasteiger partial charge in [-0.1, -0.05) is 0 Å². The van der Waals surface area contributed by atoms with E-state index in [2.05, 4.69) is 17.1 Å². The quantitative estimate of drug-likeness (QED) is 0.683. The average Bonchev–Trinajstić information content (AvgIpc) is 2.27. The lowest BCUT2D eigenvalue weighted by Crippen LogP contribution is -2.46. The van der Waals surface area contributed by atoms with Crippen LogP contribution in [0.5, 0.6) is 0 Å². The highest BCUT2D eigenvalue weighted by molar-refractivity contribution is 5.77. The molecule has 1 aliphatic rings. The van der Waals surface area contributed by atoms with Crippen LogP contribution in [0.25, 0.3) is 0 Å². The van der Waals surface area contributed by atoms with Gasteiger partial charge >= 0.3 is 0 Å². The minimum Gasteiger partial charge on any atom is -0.379 e. The molecule has 1 unspecified atom stereocenters. The molecule has 5 heteroatoms. The molecular formula is C11H23N3O2. The van der Waals surface area contributed by atoms with Gasteiger partial charge in [0.15, 0.2) is 0 Å². The summed E-state index contributed by atoms with van der Waals surface area (Å²) in [6.45, 7) is 7.13. The van der Waals surface area contributed by atoms with Crippen molar-refractivity contribution in [3.05, 3.63) is 0 Å². The van der Waals surface area contributed by atoms with E-state index in [0.717, 1.165) is 32.8 Å². The Hall–Kier alpha value is -0.650. The van der Waals surface area contributed by atoms with E-state index in [4.69, 9.17) is 4.74 Å². The Kier molecular flexibility index (Phi) is 5.73. The highest BCUT2D eigenvalue weighted by atomic mass is 16.5. The molecule has 0 aromatic heterocycles. The number of hydrogen-bond donors (Lipinski definition) is 1. The summed E-state index contributed by atoms with van der Waals surface area (Å²) in [6.07, 6.45) is 0. The van der Waals surface area contributed by atoms with Gasteiger partial charge in [-0.15, -0.1) is 0 Å². The number of morpholine rings is 1. The molecule has 94 valence electrons. The number of amides is 1. The van der Waals surface area contributed by atoms with Gasteiger partial charge in [0.2, 0.25) is 5.91 Å². The standard InChI is InChI=1S/C11H23N3O2/c1-10(12-8-11(15)13(2)3)9-14-4-6-16-7-5-14/h10,12H,4-9H2,1-3H3. The third-order valence-corrected chi connectivity index (χ3v) is 2.74. The molecule has 1 aliphatic heterocycles. The lowest BCUT2D eigenvalue weighted by Gasteiger charge is -2.29. The Balaban J connectivity index is 2.14. The second-order valence-corrected chi connectivity index (χ2v) is 4.48. The van der Waals surface area contributed by atoms with Crippen molar-refractivity contribution in [3.8, 4) is 0 Å². The van der Waals surface area contributed by atoms with Crippen molar-refractivity contribution in [3.63, 3.8) is 0 Å². The third kappa shape index (κ3) is 4.92. The molecule has 16 heavy (non-hydrogen) atoms. The predicted molar refractivity (Wildman–Crippen MR) is 63.4 cm³/mol. The van der Waals surface area contributed by atoms with E-state index in [1.54, 1.807) is 19.0 Å². The fraction of sp³-hybridized carbons (Fsp3) is 0.909. The molecule has 1 N–H and O–H groups in total. The lowest BCUT2D eigenvalue weighted by molar-refractivity contribution is -0.127. The van der Waals surface area contributed by atoms with Gasteiger partial charge in [-0.2, -0.15) is 0 Å². The van der Waals surface area contributed by atoms with Crippen molar-refractivity contribution < 1.29 is 9.53 Å². The van der Waals surface area contributed by atoms with Crippen LogP contribution in [0.3, 0.4) is 0 Å². The SMILES string of the molecule is CC(CN1CCOCC1)NCC(=O)N(C)C. The van der Waals surface area contributed by atoms with Crippen molar-refractivity contribution in [1.82, 2.24) is 15.1 Å². The topological polar surface area (TPSA) is 44.8 Å². The molecule has 1 heterocycles. The first-order chi connectivity index (χ1) is 7.59. The summed E-state index contributed by atoms with van der Waals surface area (Å²) in [4.78, 5) is 15.3. The second kappa shape index (κ2) is 6.83. The molecular weight excluding hydrogens is 206 g/mol. The van der Waals surface area contributed by atoms with Gasteiger partial charge in [-0.25, -0.2) is 0 Å². The number of nitrogens with zero attached hydrogens (tertiary/aromatic N) is 2. The average molecular weight is 229 g/mol. The van der Waals surface area contributed by atoms with Crippen LogP contribution in [-0.4, -0.2) is 75.2 Å². The molecule has 1 rings (SSSR count). The van der Waals surface area contributed by atoms with Crippen molar-refractivity contribution in [1.29, 1.82) is 0 Å². The second-order valence-electron chi connectivity index (χ2n) is 4.48. The molecule has 0 aromatic rings. The lowest BCUT2D eigenvalue weighted by atomic mass is 10.3. The Morgan fingerprint density at radius 2 is 2.06 bits per heavy atom. The number of carbonyl (C=O) groups excluding carboxylic acids is 1. The highest BCUT2D eigenvalue weighted by Gasteiger charge is 2.14. The maximum absolute atomic E-state index is 11.4. The third-order valence-electron chi connectivity index (χ3n) is 2.74. The van der Waals surface area contributed by atoms with Crippen LogP contribution in [0.15, 0.2) is 0 Å². The van der Waals surface area contributed by atoms with Gasteiger partial charge in [0.25, 0.3) is 0 Å². The Bertz CT molecular complexity index is 215. The zero-order chi connectivity index (χ0) is 12.0. The fourth-order valence-electron chi connectivity index (χ4n) is 1.66. The zero-order valence-corrected chi connectivity index (χ0v) is 10.5. The number of hydrogen-bond acceptors (Lipinski definition) is 4. The van der Waals surface area contributed by atoms with Crippen LogP contribution in [0.1, 0.15) is 6.92 Å². The molecule has 1 saturated heterocycles. The van der Waals surface area contributed by atoms with Crippen LogP contribution in [0.4, 0.5) is 0 Å². The first-order valence-corrected chi connectivity index (χ1v) is 5.83. The number of rotatable bonds is 5. The van der Waals surface area contributed by atoms with E-state index in [0.29, 0.717) is 12.6 Å². The summed E-state index contributed by atoms with van der Waals surface area (Å²) < 4.78 is 5.29. The molecule has 0 saturated carbocycles. The van der Waals surface area contributed by atoms with Gasteiger partial charge in [0.1, 0.15) is 0 Å². The van der Waals surface area contributed by atoms with Crippen LogP contribution >= 0.6 is 0 Å². The van der Waals surface area contributed by atoms with Gasteiger partial charge in [-0.05, 0) is 6.92 Å². The summed E-state index contributed by atoms with van der Waals surface area (Å²) >= 11 is 0. The van der Waals surface area contributed by atoms with Crippen molar-refractivity contribution in [2.45, 2.75) is 13.0 Å². The molecule has 0 aromatic carbocycles. The van der Waals surface area contributed by atoms with E-state index >= 15 is 0 Å². The number of nitrogens with one attached hydrogen (secondary N) is 1. The Labute approximate surface area is 97.7 Å². The van der Waals surface area contributed by atoms with E-state index in [-0.39, 0.29) is 5.91 Å². The molecule has 1 amide bonds. The van der Waals surface area contributed by atoms with Gasteiger partial charge in [0.05, 0.1) is 19.8 Å². The van der Waals surface area contributed by atoms with Crippen LogP contribution < -0.4 is 5.32 Å². The van der Waals surface area contributed by atoms with Crippen molar-refractivity contribution in [2.75, 3.05) is 53.5 Å². The fourth-order valence-corrected chi connectivity index (χ4v) is 1.66. The van der Waals surface area contributed by atoms with Crippen molar-refractivity contribution >= 4 is 5.91 Å². The molecule has 5 nitrogen and oxygen atoms in total. The van der Waals surface area contributed by atoms with E-state index in [1.807, 2.05) is 0 Å². The van der Waals surface area contributed by atoms with Gasteiger partial charge < -0.3 is 15.0 Å². The Morgan fingerprint density at radius 1 is 1.44 bits per heavy atom. The van der Waals surface area contributed by atoms with E-state index < -0.39 is 0 Å². The van der Waals surface area contributed by atoms with Crippen LogP contribution in [-0.2, 0) is 9.53 Å². The monoisotopic (exact) mass is 229 g/mol. The summed E-state index contributed by atoms with van der Waals surface area (Å²) in [7, 11) is 3.55. The van der Waals surface area contributed by atoms with Crippen LogP contribution in [0.2, 0.25) is 0 Å². The van der Waals surface area contributed by atoms with Crippen molar-refractivity contribution in [2.24, 2.45) is 0 Å². The smallest absolute Gasteiger partial charge is 0.236 e. The molecule has 0 radical (unpaired) electrons. The number of carbonyl (C=O) groups is 1. The van der Waals surface area contributed by atoms with Gasteiger partial charge in [-0.3, -0.25) is 9.69 Å². The zero-order valence-electron chi connectivity index (χ0n) is 10.5. The summed E-state index contributed by atoms with van der Waals surface area (Å²) in [5.41, 5.74) is 0. The van der Waals surface area contributed by atoms with Gasteiger partial charge in [0, 0.05) is 39.8 Å².